The largest absolute Gasteiger partial charge is 0.460 e. The molecule has 416 valence electrons. The molecule has 2 aliphatic rings. The van der Waals surface area contributed by atoms with Gasteiger partial charge in [0.1, 0.15) is 11.3 Å². The van der Waals surface area contributed by atoms with Gasteiger partial charge in [-0.1, -0.05) is 159 Å². The van der Waals surface area contributed by atoms with E-state index in [1.165, 1.54) is 33.2 Å². The monoisotopic (exact) mass is 1130 g/mol. The van der Waals surface area contributed by atoms with Crippen LogP contribution >= 0.6 is 0 Å². The molecule has 1 atom stereocenters. The zero-order valence-corrected chi connectivity index (χ0v) is 48.3. The minimum atomic E-state index is 0.104. The third-order valence-electron chi connectivity index (χ3n) is 18.0. The predicted molar refractivity (Wildman–Crippen MR) is 364 cm³/mol. The molecule has 1 aliphatic carbocycles. The average Bonchev–Trinajstić information content (AvgIpc) is 1.98. The highest BCUT2D eigenvalue weighted by Crippen LogP contribution is 2.48. The molecule has 7 heteroatoms. The second-order valence-electron chi connectivity index (χ2n) is 23.1. The first kappa shape index (κ1) is 51.0. The quantitative estimate of drug-likeness (QED) is 0.148. The van der Waals surface area contributed by atoms with Gasteiger partial charge in [0.2, 0.25) is 0 Å². The van der Waals surface area contributed by atoms with Crippen LogP contribution in [0.3, 0.4) is 0 Å². The van der Waals surface area contributed by atoms with Gasteiger partial charge < -0.3 is 18.9 Å². The fourth-order valence-corrected chi connectivity index (χ4v) is 13.9. The van der Waals surface area contributed by atoms with Crippen molar-refractivity contribution in [2.75, 3.05) is 6.54 Å². The van der Waals surface area contributed by atoms with Crippen LogP contribution in [0.4, 0.5) is 0 Å². The van der Waals surface area contributed by atoms with Crippen LogP contribution in [0, 0.1) is 0 Å². The van der Waals surface area contributed by atoms with E-state index in [0.717, 1.165) is 147 Å². The highest BCUT2D eigenvalue weighted by Gasteiger charge is 2.29. The topological polar surface area (TPSA) is 73.7 Å². The second kappa shape index (κ2) is 21.0. The first-order valence-electron chi connectivity index (χ1n) is 30.2. The Bertz CT molecular complexity index is 5230. The van der Waals surface area contributed by atoms with E-state index >= 15 is 0 Å². The lowest BCUT2D eigenvalue weighted by Gasteiger charge is -2.21. The molecule has 0 radical (unpaired) electrons. The minimum absolute atomic E-state index is 0.104. The summed E-state index contributed by atoms with van der Waals surface area (Å²) in [5.74, 6) is 1.12. The third-order valence-corrected chi connectivity index (χ3v) is 18.0. The van der Waals surface area contributed by atoms with Gasteiger partial charge in [-0.2, -0.15) is 0 Å². The second-order valence-corrected chi connectivity index (χ2v) is 23.1. The molecule has 88 heavy (non-hydrogen) atoms. The molecule has 0 spiro atoms. The zero-order valence-electron chi connectivity index (χ0n) is 48.3. The number of furan rings is 1. The van der Waals surface area contributed by atoms with E-state index < -0.39 is 0 Å². The van der Waals surface area contributed by atoms with Crippen molar-refractivity contribution in [1.82, 2.24) is 29.4 Å². The van der Waals surface area contributed by atoms with E-state index in [1.54, 1.807) is 0 Å². The van der Waals surface area contributed by atoms with E-state index in [1.807, 2.05) is 36.8 Å². The Morgan fingerprint density at radius 3 is 1.26 bits per heavy atom. The van der Waals surface area contributed by atoms with Crippen LogP contribution in [0.2, 0.25) is 0 Å². The summed E-state index contributed by atoms with van der Waals surface area (Å²) in [5, 5.41) is 9.42. The number of aromatic nitrogens is 5. The summed E-state index contributed by atoms with van der Waals surface area (Å²) in [5.41, 5.74) is 26.4. The zero-order chi connectivity index (χ0) is 58.2. The number of benzene rings is 9. The Labute approximate surface area is 509 Å². The maximum Gasteiger partial charge on any atom is 0.135 e. The van der Waals surface area contributed by atoms with E-state index in [0.29, 0.717) is 0 Å². The standard InChI is InChI=1S/C81H56N6O/c1-51-44-57(87-78-37-32-54(60-20-4-8-24-64(60)74-28-12-16-42-84-74)47-68(78)69-48-55(33-38-79(69)87)61-21-5-9-25-65(61)75-29-13-17-43-85-75)50-71-70-49-56(34-39-80(70)88-81(51)71)86-76-35-30-52(58-18-2-6-22-62(58)72-26-10-14-40-82-72)45-66(76)67-46-53(31-36-77(67)86)59-19-3-7-23-63(59)73-27-11-15-41-83-73/h2-42,45-51,85H,43-44H2,1H3. The predicted octanol–water partition coefficient (Wildman–Crippen LogP) is 20.5. The van der Waals surface area contributed by atoms with Crippen molar-refractivity contribution in [1.29, 1.82) is 0 Å². The van der Waals surface area contributed by atoms with E-state index in [2.05, 4.69) is 270 Å². The van der Waals surface area contributed by atoms with Gasteiger partial charge in [-0.3, -0.25) is 15.0 Å². The molecule has 6 aromatic heterocycles. The molecule has 17 rings (SSSR count). The molecular weight excluding hydrogens is 1070 g/mol. The Kier molecular flexibility index (Phi) is 12.2. The van der Waals surface area contributed by atoms with Crippen molar-refractivity contribution in [3.05, 3.63) is 296 Å². The molecule has 15 aromatic rings. The number of hydrogen-bond acceptors (Lipinski definition) is 5. The highest BCUT2D eigenvalue weighted by molar-refractivity contribution is 6.15. The van der Waals surface area contributed by atoms with Crippen LogP contribution in [0.25, 0.3) is 156 Å². The van der Waals surface area contributed by atoms with Gasteiger partial charge in [-0.05, 0) is 166 Å². The molecule has 0 saturated heterocycles. The van der Waals surface area contributed by atoms with Gasteiger partial charge in [0.15, 0.2) is 0 Å². The number of fused-ring (bicyclic) bond motifs is 9. The smallest absolute Gasteiger partial charge is 0.135 e. The molecule has 0 bridgehead atoms. The van der Waals surface area contributed by atoms with Crippen LogP contribution < -0.4 is 5.32 Å². The van der Waals surface area contributed by atoms with Crippen LogP contribution in [-0.4, -0.2) is 30.6 Å². The van der Waals surface area contributed by atoms with Crippen LogP contribution in [0.15, 0.2) is 284 Å². The maximum atomic E-state index is 6.96. The number of allylic oxidation sites excluding steroid dienone is 3. The van der Waals surface area contributed by atoms with Crippen molar-refractivity contribution in [3.8, 4) is 84.0 Å². The summed E-state index contributed by atoms with van der Waals surface area (Å²) in [7, 11) is 0. The number of dihydropyridines is 1. The number of pyridine rings is 3. The van der Waals surface area contributed by atoms with Gasteiger partial charge in [0, 0.05) is 103 Å². The van der Waals surface area contributed by atoms with Gasteiger partial charge in [-0.25, -0.2) is 0 Å². The first-order chi connectivity index (χ1) is 43.6. The fraction of sp³-hybridized carbons (Fsp3) is 0.0494. The molecule has 1 aliphatic heterocycles. The van der Waals surface area contributed by atoms with E-state index in [-0.39, 0.29) is 5.92 Å². The lowest BCUT2D eigenvalue weighted by Crippen LogP contribution is -2.14. The molecule has 1 unspecified atom stereocenters. The minimum Gasteiger partial charge on any atom is -0.460 e. The maximum absolute atomic E-state index is 6.96. The number of nitrogens with zero attached hydrogens (tertiary/aromatic N) is 5. The summed E-state index contributed by atoms with van der Waals surface area (Å²) < 4.78 is 11.9. The average molecular weight is 1130 g/mol. The van der Waals surface area contributed by atoms with Crippen LogP contribution in [0.1, 0.15) is 36.1 Å². The molecule has 0 saturated carbocycles. The number of rotatable bonds is 10. The van der Waals surface area contributed by atoms with Gasteiger partial charge in [0.25, 0.3) is 0 Å². The van der Waals surface area contributed by atoms with Crippen molar-refractivity contribution in [2.24, 2.45) is 0 Å². The molecule has 0 fully saturated rings. The lowest BCUT2D eigenvalue weighted by molar-refractivity contribution is 0.504. The van der Waals surface area contributed by atoms with Crippen molar-refractivity contribution >= 4 is 72.1 Å². The SMILES string of the molecule is CC1CC(n2c3ccc(-c4ccccc4C4=CC=CCN4)cc3c3cc(-c4ccccc4-c4ccccn4)ccc32)=Cc2c1oc1ccc(-n3c4ccc(-c5ccccc5-c5ccccn5)cc4c4cc(-c5ccccc5-c5ccccn5)ccc43)cc21. The molecular formula is C81H56N6O. The van der Waals surface area contributed by atoms with Gasteiger partial charge in [-0.15, -0.1) is 0 Å². The van der Waals surface area contributed by atoms with Gasteiger partial charge >= 0.3 is 0 Å². The third kappa shape index (κ3) is 8.53. The lowest BCUT2D eigenvalue weighted by atomic mass is 9.91. The van der Waals surface area contributed by atoms with E-state index in [9.17, 15) is 0 Å². The van der Waals surface area contributed by atoms with Crippen molar-refractivity contribution < 1.29 is 4.42 Å². The Morgan fingerprint density at radius 2 is 0.830 bits per heavy atom. The van der Waals surface area contributed by atoms with Crippen molar-refractivity contribution in [3.63, 3.8) is 0 Å². The Balaban J connectivity index is 0.844. The summed E-state index contributed by atoms with van der Waals surface area (Å²) >= 11 is 0. The first-order valence-corrected chi connectivity index (χ1v) is 30.2. The van der Waals surface area contributed by atoms with Crippen molar-refractivity contribution in [2.45, 2.75) is 19.3 Å². The van der Waals surface area contributed by atoms with Gasteiger partial charge in [0.05, 0.1) is 39.1 Å². The molecule has 7 nitrogen and oxygen atoms in total. The summed E-state index contributed by atoms with van der Waals surface area (Å²) in [6.45, 7) is 3.11. The van der Waals surface area contributed by atoms with Crippen LogP contribution in [0.5, 0.6) is 0 Å². The summed E-state index contributed by atoms with van der Waals surface area (Å²) in [4.78, 5) is 14.4. The molecule has 9 aromatic carbocycles. The molecule has 7 heterocycles. The Morgan fingerprint density at radius 1 is 0.409 bits per heavy atom. The van der Waals surface area contributed by atoms with E-state index in [4.69, 9.17) is 19.4 Å². The summed E-state index contributed by atoms with van der Waals surface area (Å²) in [6.07, 6.45) is 15.3. The normalized spacial score (nSPS) is 13.9. The number of nitrogens with one attached hydrogen (secondary N) is 1. The highest BCUT2D eigenvalue weighted by atomic mass is 16.3. The Hall–Kier alpha value is -11.4. The molecule has 0 amide bonds. The van der Waals surface area contributed by atoms with Crippen LogP contribution in [-0.2, 0) is 0 Å². The number of hydrogen-bond donors (Lipinski definition) is 1. The molecule has 1 N–H and O–H groups in total. The summed E-state index contributed by atoms with van der Waals surface area (Å²) in [6, 6.07) is 87.7. The fourth-order valence-electron chi connectivity index (χ4n) is 13.9.